The van der Waals surface area contributed by atoms with Crippen molar-refractivity contribution in [2.24, 2.45) is 0 Å². The van der Waals surface area contributed by atoms with Crippen LogP contribution in [0.3, 0.4) is 0 Å². The highest BCUT2D eigenvalue weighted by molar-refractivity contribution is 6.33. The van der Waals surface area contributed by atoms with Crippen molar-refractivity contribution in [2.45, 2.75) is 6.92 Å². The second-order valence-electron chi connectivity index (χ2n) is 3.55. The van der Waals surface area contributed by atoms with Crippen molar-refractivity contribution in [1.29, 1.82) is 0 Å². The molecule has 80 valence electrons. The Bertz CT molecular complexity index is 537. The lowest BCUT2D eigenvalue weighted by molar-refractivity contribution is 0.112. The predicted octanol–water partition coefficient (Wildman–Crippen LogP) is 3.52. The molecular weight excluding hydrogens is 222 g/mol. The van der Waals surface area contributed by atoms with Crippen LogP contribution in [0.4, 0.5) is 0 Å². The molecule has 2 rings (SSSR count). The lowest BCUT2D eigenvalue weighted by Crippen LogP contribution is -1.93. The summed E-state index contributed by atoms with van der Waals surface area (Å²) in [5, 5.41) is 0.599. The summed E-state index contributed by atoms with van der Waals surface area (Å²) < 4.78 is 0. The van der Waals surface area contributed by atoms with Gasteiger partial charge in [-0.1, -0.05) is 29.8 Å². The Hall–Kier alpha value is -1.67. The van der Waals surface area contributed by atoms with Crippen LogP contribution in [0.5, 0.6) is 0 Å². The van der Waals surface area contributed by atoms with E-state index in [2.05, 4.69) is 4.98 Å². The number of nitrogens with zero attached hydrogens (tertiary/aromatic N) is 1. The molecule has 0 radical (unpaired) electrons. The minimum absolute atomic E-state index is 0.563. The first-order valence-corrected chi connectivity index (χ1v) is 5.27. The maximum Gasteiger partial charge on any atom is 0.152 e. The molecule has 1 aromatic carbocycles. The van der Waals surface area contributed by atoms with Crippen LogP contribution in [0.2, 0.25) is 5.02 Å². The molecular formula is C13H10ClNO. The van der Waals surface area contributed by atoms with E-state index in [-0.39, 0.29) is 0 Å². The van der Waals surface area contributed by atoms with E-state index < -0.39 is 0 Å². The molecule has 0 saturated carbocycles. The molecule has 0 aliphatic rings. The van der Waals surface area contributed by atoms with E-state index in [0.29, 0.717) is 16.3 Å². The van der Waals surface area contributed by atoms with Crippen molar-refractivity contribution in [3.63, 3.8) is 0 Å². The maximum atomic E-state index is 11.0. The van der Waals surface area contributed by atoms with Gasteiger partial charge < -0.3 is 0 Å². The van der Waals surface area contributed by atoms with Crippen LogP contribution in [0.15, 0.2) is 36.5 Å². The highest BCUT2D eigenvalue weighted by Gasteiger charge is 2.09. The summed E-state index contributed by atoms with van der Waals surface area (Å²) in [7, 11) is 0. The summed E-state index contributed by atoms with van der Waals surface area (Å²) in [6, 6.07) is 9.16. The van der Waals surface area contributed by atoms with Gasteiger partial charge in [0, 0.05) is 22.3 Å². The molecule has 0 aliphatic heterocycles. The predicted molar refractivity (Wildman–Crippen MR) is 64.8 cm³/mol. The zero-order valence-electron chi connectivity index (χ0n) is 8.77. The molecule has 2 aromatic rings. The molecule has 1 aromatic heterocycles. The number of hydrogen-bond acceptors (Lipinski definition) is 2. The number of aldehydes is 1. The van der Waals surface area contributed by atoms with Gasteiger partial charge in [0.25, 0.3) is 0 Å². The Balaban J connectivity index is 2.65. The molecule has 0 amide bonds. The van der Waals surface area contributed by atoms with Crippen LogP contribution in [0, 0.1) is 6.92 Å². The van der Waals surface area contributed by atoms with Crippen molar-refractivity contribution in [3.8, 4) is 11.3 Å². The zero-order chi connectivity index (χ0) is 11.5. The van der Waals surface area contributed by atoms with E-state index in [0.717, 1.165) is 17.4 Å². The number of pyridine rings is 1. The van der Waals surface area contributed by atoms with E-state index in [9.17, 15) is 4.79 Å². The zero-order valence-corrected chi connectivity index (χ0v) is 9.53. The Morgan fingerprint density at radius 1 is 1.31 bits per heavy atom. The average Bonchev–Trinajstić information content (AvgIpc) is 2.30. The van der Waals surface area contributed by atoms with E-state index in [1.165, 1.54) is 0 Å². The largest absolute Gasteiger partial charge is 0.298 e. The van der Waals surface area contributed by atoms with Gasteiger partial charge >= 0.3 is 0 Å². The first-order valence-electron chi connectivity index (χ1n) is 4.89. The number of aromatic nitrogens is 1. The third kappa shape index (κ3) is 1.97. The molecule has 0 N–H and O–H groups in total. The monoisotopic (exact) mass is 231 g/mol. The Morgan fingerprint density at radius 2 is 2.06 bits per heavy atom. The van der Waals surface area contributed by atoms with Gasteiger partial charge in [-0.05, 0) is 24.6 Å². The molecule has 2 nitrogen and oxygen atoms in total. The second-order valence-corrected chi connectivity index (χ2v) is 3.96. The molecule has 0 unspecified atom stereocenters. The summed E-state index contributed by atoms with van der Waals surface area (Å²) in [5.41, 5.74) is 2.93. The Morgan fingerprint density at radius 3 is 2.75 bits per heavy atom. The molecule has 0 fully saturated rings. The van der Waals surface area contributed by atoms with Crippen molar-refractivity contribution < 1.29 is 4.79 Å². The number of carbonyl (C=O) groups excluding carboxylic acids is 1. The smallest absolute Gasteiger partial charge is 0.152 e. The van der Waals surface area contributed by atoms with E-state index >= 15 is 0 Å². The summed E-state index contributed by atoms with van der Waals surface area (Å²) in [4.78, 5) is 15.2. The fourth-order valence-electron chi connectivity index (χ4n) is 1.56. The summed E-state index contributed by atoms with van der Waals surface area (Å²) in [6.45, 7) is 1.90. The van der Waals surface area contributed by atoms with Gasteiger partial charge in [-0.3, -0.25) is 9.78 Å². The van der Waals surface area contributed by atoms with Crippen LogP contribution in [0.25, 0.3) is 11.3 Å². The fourth-order valence-corrected chi connectivity index (χ4v) is 1.79. The van der Waals surface area contributed by atoms with Gasteiger partial charge in [0.1, 0.15) is 0 Å². The SMILES string of the molecule is Cc1cnc(-c2ccccc2Cl)c(C=O)c1. The van der Waals surface area contributed by atoms with Gasteiger partial charge in [0.05, 0.1) is 5.69 Å². The Kier molecular flexibility index (Phi) is 3.02. The third-order valence-electron chi connectivity index (χ3n) is 2.31. The number of rotatable bonds is 2. The summed E-state index contributed by atoms with van der Waals surface area (Å²) in [6.07, 6.45) is 2.53. The Labute approximate surface area is 98.9 Å². The van der Waals surface area contributed by atoms with Crippen molar-refractivity contribution >= 4 is 17.9 Å². The molecule has 0 spiro atoms. The lowest BCUT2D eigenvalue weighted by Gasteiger charge is -2.06. The average molecular weight is 232 g/mol. The molecule has 0 atom stereocenters. The number of benzene rings is 1. The van der Waals surface area contributed by atoms with Crippen LogP contribution < -0.4 is 0 Å². The highest BCUT2D eigenvalue weighted by Crippen LogP contribution is 2.28. The van der Waals surface area contributed by atoms with Crippen molar-refractivity contribution in [3.05, 3.63) is 52.7 Å². The fraction of sp³-hybridized carbons (Fsp3) is 0.0769. The van der Waals surface area contributed by atoms with E-state index in [1.54, 1.807) is 18.3 Å². The highest BCUT2D eigenvalue weighted by atomic mass is 35.5. The number of aryl methyl sites for hydroxylation is 1. The number of halogens is 1. The molecule has 0 bridgehead atoms. The topological polar surface area (TPSA) is 30.0 Å². The normalized spacial score (nSPS) is 10.1. The van der Waals surface area contributed by atoms with Gasteiger partial charge in [0.2, 0.25) is 0 Å². The number of carbonyl (C=O) groups is 1. The summed E-state index contributed by atoms with van der Waals surface area (Å²) >= 11 is 6.07. The van der Waals surface area contributed by atoms with E-state index in [1.807, 2.05) is 25.1 Å². The van der Waals surface area contributed by atoms with Crippen LogP contribution >= 0.6 is 11.6 Å². The molecule has 1 heterocycles. The summed E-state index contributed by atoms with van der Waals surface area (Å²) in [5.74, 6) is 0. The minimum atomic E-state index is 0.563. The van der Waals surface area contributed by atoms with Crippen LogP contribution in [-0.4, -0.2) is 11.3 Å². The minimum Gasteiger partial charge on any atom is -0.298 e. The van der Waals surface area contributed by atoms with E-state index in [4.69, 9.17) is 11.6 Å². The molecule has 3 heteroatoms. The molecule has 0 saturated heterocycles. The van der Waals surface area contributed by atoms with Gasteiger partial charge in [0.15, 0.2) is 6.29 Å². The first kappa shape index (κ1) is 10.8. The third-order valence-corrected chi connectivity index (χ3v) is 2.64. The van der Waals surface area contributed by atoms with Crippen molar-refractivity contribution in [1.82, 2.24) is 4.98 Å². The van der Waals surface area contributed by atoms with Crippen molar-refractivity contribution in [2.75, 3.05) is 0 Å². The van der Waals surface area contributed by atoms with Crippen LogP contribution in [-0.2, 0) is 0 Å². The first-order chi connectivity index (χ1) is 7.72. The number of hydrogen-bond donors (Lipinski definition) is 0. The maximum absolute atomic E-state index is 11.0. The van der Waals surface area contributed by atoms with Crippen LogP contribution in [0.1, 0.15) is 15.9 Å². The van der Waals surface area contributed by atoms with Gasteiger partial charge in [-0.2, -0.15) is 0 Å². The quantitative estimate of drug-likeness (QED) is 0.741. The molecule has 0 aliphatic carbocycles. The standard InChI is InChI=1S/C13H10ClNO/c1-9-6-10(8-16)13(15-7-9)11-4-2-3-5-12(11)14/h2-8H,1H3. The van der Waals surface area contributed by atoms with Gasteiger partial charge in [-0.15, -0.1) is 0 Å². The lowest BCUT2D eigenvalue weighted by atomic mass is 10.1. The second kappa shape index (κ2) is 4.45. The molecule has 16 heavy (non-hydrogen) atoms. The van der Waals surface area contributed by atoms with Gasteiger partial charge in [-0.25, -0.2) is 0 Å².